The van der Waals surface area contributed by atoms with Gasteiger partial charge in [0.15, 0.2) is 0 Å². The lowest BCUT2D eigenvalue weighted by Crippen LogP contribution is -2.18. The molecule has 13 heavy (non-hydrogen) atoms. The second kappa shape index (κ2) is 3.79. The Morgan fingerprint density at radius 2 is 1.69 bits per heavy atom. The number of ether oxygens (including phenoxy) is 1. The van der Waals surface area contributed by atoms with Crippen LogP contribution in [0.5, 0.6) is 0 Å². The first-order valence-corrected chi connectivity index (χ1v) is 4.46. The maximum Gasteiger partial charge on any atom is 0.0724 e. The van der Waals surface area contributed by atoms with Gasteiger partial charge in [-0.25, -0.2) is 0 Å². The molecule has 72 valence electrons. The zero-order valence-electron chi connectivity index (χ0n) is 8.50. The molecule has 0 radical (unpaired) electrons. The van der Waals surface area contributed by atoms with Crippen molar-refractivity contribution in [2.75, 3.05) is 5.73 Å². The molecule has 0 fully saturated rings. The second-order valence-electron chi connectivity index (χ2n) is 4.14. The van der Waals surface area contributed by atoms with Crippen LogP contribution in [0.4, 0.5) is 5.69 Å². The van der Waals surface area contributed by atoms with Crippen molar-refractivity contribution in [2.45, 2.75) is 33.0 Å². The molecule has 2 N–H and O–H groups in total. The Morgan fingerprint density at radius 3 is 2.15 bits per heavy atom. The average molecular weight is 179 g/mol. The molecule has 0 unspecified atom stereocenters. The Kier molecular flexibility index (Phi) is 2.94. The molecular weight excluding hydrogens is 162 g/mol. The average Bonchev–Trinajstić information content (AvgIpc) is 2.02. The fraction of sp³-hybridized carbons (Fsp3) is 0.455. The van der Waals surface area contributed by atoms with Crippen LogP contribution in [0.1, 0.15) is 26.3 Å². The molecule has 0 amide bonds. The minimum Gasteiger partial charge on any atom is -0.399 e. The van der Waals surface area contributed by atoms with Gasteiger partial charge in [-0.3, -0.25) is 0 Å². The number of hydrogen-bond donors (Lipinski definition) is 1. The summed E-state index contributed by atoms with van der Waals surface area (Å²) in [7, 11) is 0. The summed E-state index contributed by atoms with van der Waals surface area (Å²) in [6.07, 6.45) is 0. The molecule has 0 aliphatic heterocycles. The van der Waals surface area contributed by atoms with Gasteiger partial charge in [-0.1, -0.05) is 12.1 Å². The van der Waals surface area contributed by atoms with E-state index in [-0.39, 0.29) is 5.60 Å². The van der Waals surface area contributed by atoms with Gasteiger partial charge in [0.2, 0.25) is 0 Å². The third kappa shape index (κ3) is 3.95. The van der Waals surface area contributed by atoms with Crippen molar-refractivity contribution in [3.63, 3.8) is 0 Å². The Bertz CT molecular complexity index is 258. The van der Waals surface area contributed by atoms with Crippen molar-refractivity contribution in [2.24, 2.45) is 0 Å². The topological polar surface area (TPSA) is 35.2 Å². The first-order chi connectivity index (χ1) is 5.97. The van der Waals surface area contributed by atoms with E-state index in [1.165, 1.54) is 0 Å². The molecule has 0 saturated carbocycles. The fourth-order valence-electron chi connectivity index (χ4n) is 0.914. The van der Waals surface area contributed by atoms with E-state index in [1.807, 2.05) is 45.0 Å². The largest absolute Gasteiger partial charge is 0.399 e. The molecule has 0 atom stereocenters. The van der Waals surface area contributed by atoms with Crippen LogP contribution in [-0.2, 0) is 11.3 Å². The monoisotopic (exact) mass is 179 g/mol. The number of anilines is 1. The van der Waals surface area contributed by atoms with E-state index >= 15 is 0 Å². The summed E-state index contributed by atoms with van der Waals surface area (Å²) in [5.74, 6) is 0. The minimum absolute atomic E-state index is 0.0820. The van der Waals surface area contributed by atoms with Gasteiger partial charge in [-0.05, 0) is 38.5 Å². The number of hydrogen-bond acceptors (Lipinski definition) is 2. The summed E-state index contributed by atoms with van der Waals surface area (Å²) >= 11 is 0. The van der Waals surface area contributed by atoms with Crippen LogP contribution < -0.4 is 5.73 Å². The first-order valence-electron chi connectivity index (χ1n) is 4.46. The van der Waals surface area contributed by atoms with Gasteiger partial charge >= 0.3 is 0 Å². The van der Waals surface area contributed by atoms with Crippen molar-refractivity contribution >= 4 is 5.69 Å². The molecule has 0 bridgehead atoms. The van der Waals surface area contributed by atoms with Crippen molar-refractivity contribution in [1.29, 1.82) is 0 Å². The van der Waals surface area contributed by atoms with E-state index in [1.54, 1.807) is 0 Å². The van der Waals surface area contributed by atoms with Gasteiger partial charge in [-0.2, -0.15) is 0 Å². The molecule has 0 aliphatic carbocycles. The Balaban J connectivity index is 2.51. The van der Waals surface area contributed by atoms with Gasteiger partial charge in [0.1, 0.15) is 0 Å². The van der Waals surface area contributed by atoms with Crippen LogP contribution in [0.3, 0.4) is 0 Å². The standard InChI is InChI=1S/C11H17NO/c1-11(2,3)13-8-9-4-6-10(12)7-5-9/h4-7H,8,12H2,1-3H3. The summed E-state index contributed by atoms with van der Waals surface area (Å²) in [5.41, 5.74) is 7.43. The lowest BCUT2D eigenvalue weighted by Gasteiger charge is -2.19. The Hall–Kier alpha value is -1.02. The number of benzene rings is 1. The molecule has 1 aromatic carbocycles. The number of nitrogen functional groups attached to an aromatic ring is 1. The second-order valence-corrected chi connectivity index (χ2v) is 4.14. The lowest BCUT2D eigenvalue weighted by molar-refractivity contribution is -0.0149. The van der Waals surface area contributed by atoms with E-state index in [9.17, 15) is 0 Å². The molecule has 0 aromatic heterocycles. The molecule has 2 heteroatoms. The molecule has 0 aliphatic rings. The van der Waals surface area contributed by atoms with Crippen molar-refractivity contribution in [3.8, 4) is 0 Å². The van der Waals surface area contributed by atoms with E-state index in [0.717, 1.165) is 11.3 Å². The van der Waals surface area contributed by atoms with Gasteiger partial charge in [0.05, 0.1) is 12.2 Å². The minimum atomic E-state index is -0.0820. The van der Waals surface area contributed by atoms with Gasteiger partial charge in [0.25, 0.3) is 0 Å². The van der Waals surface area contributed by atoms with Crippen LogP contribution in [0.15, 0.2) is 24.3 Å². The molecule has 1 aromatic rings. The predicted octanol–water partition coefficient (Wildman–Crippen LogP) is 2.58. The van der Waals surface area contributed by atoms with Gasteiger partial charge < -0.3 is 10.5 Å². The SMILES string of the molecule is CC(C)(C)OCc1ccc(N)cc1. The highest BCUT2D eigenvalue weighted by molar-refractivity contribution is 5.39. The summed E-state index contributed by atoms with van der Waals surface area (Å²) < 4.78 is 5.61. The van der Waals surface area contributed by atoms with Crippen LogP contribution in [0, 0.1) is 0 Å². The van der Waals surface area contributed by atoms with Gasteiger partial charge in [0, 0.05) is 5.69 Å². The molecule has 0 spiro atoms. The quantitative estimate of drug-likeness (QED) is 0.708. The first kappa shape index (κ1) is 10.1. The Labute approximate surface area is 79.7 Å². The summed E-state index contributed by atoms with van der Waals surface area (Å²) in [6.45, 7) is 6.78. The molecular formula is C11H17NO. The highest BCUT2D eigenvalue weighted by Crippen LogP contribution is 2.12. The maximum absolute atomic E-state index is 5.61. The summed E-state index contributed by atoms with van der Waals surface area (Å²) in [4.78, 5) is 0. The molecule has 2 nitrogen and oxygen atoms in total. The van der Waals surface area contributed by atoms with Crippen LogP contribution >= 0.6 is 0 Å². The third-order valence-corrected chi connectivity index (χ3v) is 1.65. The van der Waals surface area contributed by atoms with Crippen molar-refractivity contribution < 1.29 is 4.74 Å². The van der Waals surface area contributed by atoms with Crippen LogP contribution in [0.25, 0.3) is 0 Å². The van der Waals surface area contributed by atoms with E-state index < -0.39 is 0 Å². The highest BCUT2D eigenvalue weighted by Gasteiger charge is 2.09. The third-order valence-electron chi connectivity index (χ3n) is 1.65. The molecule has 0 heterocycles. The van der Waals surface area contributed by atoms with Crippen LogP contribution in [0.2, 0.25) is 0 Å². The zero-order chi connectivity index (χ0) is 9.90. The summed E-state index contributed by atoms with van der Waals surface area (Å²) in [6, 6.07) is 7.75. The lowest BCUT2D eigenvalue weighted by atomic mass is 10.2. The summed E-state index contributed by atoms with van der Waals surface area (Å²) in [5, 5.41) is 0. The van der Waals surface area contributed by atoms with Gasteiger partial charge in [-0.15, -0.1) is 0 Å². The number of rotatable bonds is 2. The fourth-order valence-corrected chi connectivity index (χ4v) is 0.914. The van der Waals surface area contributed by atoms with E-state index in [4.69, 9.17) is 10.5 Å². The zero-order valence-corrected chi connectivity index (χ0v) is 8.50. The molecule has 1 rings (SSSR count). The highest BCUT2D eigenvalue weighted by atomic mass is 16.5. The predicted molar refractivity (Wildman–Crippen MR) is 55.4 cm³/mol. The van der Waals surface area contributed by atoms with Crippen molar-refractivity contribution in [1.82, 2.24) is 0 Å². The van der Waals surface area contributed by atoms with Crippen LogP contribution in [-0.4, -0.2) is 5.60 Å². The Morgan fingerprint density at radius 1 is 1.15 bits per heavy atom. The molecule has 0 saturated heterocycles. The smallest absolute Gasteiger partial charge is 0.0724 e. The van der Waals surface area contributed by atoms with E-state index in [0.29, 0.717) is 6.61 Å². The van der Waals surface area contributed by atoms with Crippen molar-refractivity contribution in [3.05, 3.63) is 29.8 Å². The maximum atomic E-state index is 5.61. The van der Waals surface area contributed by atoms with E-state index in [2.05, 4.69) is 0 Å². The number of nitrogens with two attached hydrogens (primary N) is 1. The normalized spacial score (nSPS) is 11.6.